The fraction of sp³-hybridized carbons (Fsp3) is 0.286. The maximum absolute atomic E-state index is 12.4. The molecule has 1 saturated heterocycles. The van der Waals surface area contributed by atoms with Crippen LogP contribution in [0.3, 0.4) is 0 Å². The molecule has 4 heteroatoms. The zero-order chi connectivity index (χ0) is 12.4. The molecule has 0 atom stereocenters. The van der Waals surface area contributed by atoms with Gasteiger partial charge in [0.15, 0.2) is 0 Å². The van der Waals surface area contributed by atoms with E-state index in [1.807, 2.05) is 35.2 Å². The quantitative estimate of drug-likeness (QED) is 0.818. The number of pyridine rings is 1. The molecule has 0 radical (unpaired) electrons. The molecule has 1 aliphatic heterocycles. The predicted octanol–water partition coefficient (Wildman–Crippen LogP) is 1.28. The highest BCUT2D eigenvalue weighted by Gasteiger charge is 2.20. The van der Waals surface area contributed by atoms with E-state index in [1.165, 1.54) is 0 Å². The Morgan fingerprint density at radius 2 is 1.94 bits per heavy atom. The second kappa shape index (κ2) is 4.74. The fourth-order valence-electron chi connectivity index (χ4n) is 2.31. The van der Waals surface area contributed by atoms with Crippen molar-refractivity contribution in [1.82, 2.24) is 15.2 Å². The summed E-state index contributed by atoms with van der Waals surface area (Å²) in [5.41, 5.74) is 0.565. The van der Waals surface area contributed by atoms with Gasteiger partial charge in [0.25, 0.3) is 5.91 Å². The molecule has 0 bridgehead atoms. The molecule has 0 aliphatic carbocycles. The highest BCUT2D eigenvalue weighted by molar-refractivity contribution is 6.05. The molecule has 1 aromatic carbocycles. The minimum atomic E-state index is 0.0355. The number of benzene rings is 1. The van der Waals surface area contributed by atoms with Gasteiger partial charge in [-0.1, -0.05) is 24.3 Å². The number of carbonyl (C=O) groups is 1. The van der Waals surface area contributed by atoms with Crippen LogP contribution >= 0.6 is 0 Å². The van der Waals surface area contributed by atoms with E-state index < -0.39 is 0 Å². The lowest BCUT2D eigenvalue weighted by Crippen LogP contribution is -2.46. The van der Waals surface area contributed by atoms with Gasteiger partial charge in [0, 0.05) is 37.8 Å². The van der Waals surface area contributed by atoms with Crippen molar-refractivity contribution >= 4 is 16.7 Å². The third-order valence-corrected chi connectivity index (χ3v) is 3.28. The Kier molecular flexibility index (Phi) is 2.94. The molecule has 3 rings (SSSR count). The SMILES string of the molecule is O=C(c1nccc2ccccc12)N1CCNCC1. The highest BCUT2D eigenvalue weighted by atomic mass is 16.2. The van der Waals surface area contributed by atoms with Crippen LogP contribution in [0.2, 0.25) is 0 Å². The van der Waals surface area contributed by atoms with E-state index >= 15 is 0 Å². The molecule has 92 valence electrons. The van der Waals surface area contributed by atoms with Crippen molar-refractivity contribution in [3.63, 3.8) is 0 Å². The Balaban J connectivity index is 2.00. The maximum Gasteiger partial charge on any atom is 0.273 e. The van der Waals surface area contributed by atoms with Gasteiger partial charge in [0.1, 0.15) is 5.69 Å². The van der Waals surface area contributed by atoms with Crippen molar-refractivity contribution < 1.29 is 4.79 Å². The summed E-state index contributed by atoms with van der Waals surface area (Å²) in [6.07, 6.45) is 1.71. The number of piperazine rings is 1. The standard InChI is InChI=1S/C14H15N3O/c18-14(17-9-7-15-8-10-17)13-12-4-2-1-3-11(12)5-6-16-13/h1-6,15H,7-10H2. The van der Waals surface area contributed by atoms with Gasteiger partial charge in [0.05, 0.1) is 0 Å². The van der Waals surface area contributed by atoms with E-state index in [0.717, 1.165) is 37.0 Å². The first kappa shape index (κ1) is 11.2. The first-order valence-corrected chi connectivity index (χ1v) is 6.20. The largest absolute Gasteiger partial charge is 0.335 e. The molecule has 1 amide bonds. The Bertz CT molecular complexity index is 571. The molecule has 0 spiro atoms. The van der Waals surface area contributed by atoms with Crippen molar-refractivity contribution in [3.8, 4) is 0 Å². The molecule has 0 saturated carbocycles. The molecule has 1 fully saturated rings. The molecule has 2 heterocycles. The summed E-state index contributed by atoms with van der Waals surface area (Å²) in [6, 6.07) is 9.81. The molecule has 18 heavy (non-hydrogen) atoms. The number of aromatic nitrogens is 1. The van der Waals surface area contributed by atoms with Gasteiger partial charge in [-0.2, -0.15) is 0 Å². The summed E-state index contributed by atoms with van der Waals surface area (Å²) in [5, 5.41) is 5.24. The van der Waals surface area contributed by atoms with Crippen molar-refractivity contribution in [3.05, 3.63) is 42.2 Å². The summed E-state index contributed by atoms with van der Waals surface area (Å²) in [4.78, 5) is 18.6. The van der Waals surface area contributed by atoms with Crippen molar-refractivity contribution in [1.29, 1.82) is 0 Å². The van der Waals surface area contributed by atoms with E-state index in [0.29, 0.717) is 5.69 Å². The smallest absolute Gasteiger partial charge is 0.273 e. The van der Waals surface area contributed by atoms with Crippen LogP contribution in [-0.4, -0.2) is 42.0 Å². The number of hydrogen-bond donors (Lipinski definition) is 1. The van der Waals surface area contributed by atoms with Crippen molar-refractivity contribution in [2.75, 3.05) is 26.2 Å². The minimum absolute atomic E-state index is 0.0355. The third kappa shape index (κ3) is 1.95. The van der Waals surface area contributed by atoms with Gasteiger partial charge in [-0.05, 0) is 11.5 Å². The molecule has 0 unspecified atom stereocenters. The van der Waals surface area contributed by atoms with Gasteiger partial charge < -0.3 is 10.2 Å². The first-order chi connectivity index (χ1) is 8.86. The van der Waals surface area contributed by atoms with E-state index in [1.54, 1.807) is 6.20 Å². The van der Waals surface area contributed by atoms with Crippen LogP contribution in [0.15, 0.2) is 36.5 Å². The maximum atomic E-state index is 12.4. The van der Waals surface area contributed by atoms with Crippen LogP contribution in [0.25, 0.3) is 10.8 Å². The molecule has 4 nitrogen and oxygen atoms in total. The van der Waals surface area contributed by atoms with Gasteiger partial charge in [-0.3, -0.25) is 9.78 Å². The van der Waals surface area contributed by atoms with Crippen molar-refractivity contribution in [2.24, 2.45) is 0 Å². The second-order valence-corrected chi connectivity index (χ2v) is 4.42. The molecule has 1 aliphatic rings. The number of rotatable bonds is 1. The second-order valence-electron chi connectivity index (χ2n) is 4.42. The van der Waals surface area contributed by atoms with Crippen LogP contribution in [0.4, 0.5) is 0 Å². The number of nitrogens with one attached hydrogen (secondary N) is 1. The van der Waals surface area contributed by atoms with Gasteiger partial charge >= 0.3 is 0 Å². The van der Waals surface area contributed by atoms with Gasteiger partial charge in [0.2, 0.25) is 0 Å². The van der Waals surface area contributed by atoms with Crippen LogP contribution in [0.5, 0.6) is 0 Å². The average molecular weight is 241 g/mol. The predicted molar refractivity (Wildman–Crippen MR) is 70.5 cm³/mol. The van der Waals surface area contributed by atoms with Gasteiger partial charge in [-0.15, -0.1) is 0 Å². The van der Waals surface area contributed by atoms with E-state index in [-0.39, 0.29) is 5.91 Å². The summed E-state index contributed by atoms with van der Waals surface area (Å²) >= 11 is 0. The molecule has 2 aromatic rings. The summed E-state index contributed by atoms with van der Waals surface area (Å²) in [7, 11) is 0. The first-order valence-electron chi connectivity index (χ1n) is 6.20. The van der Waals surface area contributed by atoms with Crippen LogP contribution in [0.1, 0.15) is 10.5 Å². The highest BCUT2D eigenvalue weighted by Crippen LogP contribution is 2.17. The topological polar surface area (TPSA) is 45.2 Å². The van der Waals surface area contributed by atoms with Gasteiger partial charge in [-0.25, -0.2) is 0 Å². The Hall–Kier alpha value is -1.94. The fourth-order valence-corrected chi connectivity index (χ4v) is 2.31. The third-order valence-electron chi connectivity index (χ3n) is 3.28. The number of nitrogens with zero attached hydrogens (tertiary/aromatic N) is 2. The molecule has 1 aromatic heterocycles. The zero-order valence-electron chi connectivity index (χ0n) is 10.1. The van der Waals surface area contributed by atoms with Crippen LogP contribution in [0, 0.1) is 0 Å². The number of hydrogen-bond acceptors (Lipinski definition) is 3. The summed E-state index contributed by atoms with van der Waals surface area (Å²) in [6.45, 7) is 3.22. The lowest BCUT2D eigenvalue weighted by atomic mass is 10.1. The van der Waals surface area contributed by atoms with Crippen molar-refractivity contribution in [2.45, 2.75) is 0 Å². The summed E-state index contributed by atoms with van der Waals surface area (Å²) < 4.78 is 0. The Morgan fingerprint density at radius 3 is 2.78 bits per heavy atom. The zero-order valence-corrected chi connectivity index (χ0v) is 10.1. The Morgan fingerprint density at radius 1 is 1.17 bits per heavy atom. The molecule has 1 N–H and O–H groups in total. The summed E-state index contributed by atoms with van der Waals surface area (Å²) in [5.74, 6) is 0.0355. The van der Waals surface area contributed by atoms with E-state index in [2.05, 4.69) is 10.3 Å². The Labute approximate surface area is 106 Å². The molecular formula is C14H15N3O. The lowest BCUT2D eigenvalue weighted by Gasteiger charge is -2.27. The van der Waals surface area contributed by atoms with Crippen LogP contribution < -0.4 is 5.32 Å². The monoisotopic (exact) mass is 241 g/mol. The van der Waals surface area contributed by atoms with E-state index in [9.17, 15) is 4.79 Å². The average Bonchev–Trinajstić information content (AvgIpc) is 2.47. The normalized spacial score (nSPS) is 15.9. The number of fused-ring (bicyclic) bond motifs is 1. The number of carbonyl (C=O) groups excluding carboxylic acids is 1. The number of amides is 1. The lowest BCUT2D eigenvalue weighted by molar-refractivity contribution is 0.0732. The van der Waals surface area contributed by atoms with E-state index in [4.69, 9.17) is 0 Å². The van der Waals surface area contributed by atoms with Crippen LogP contribution in [-0.2, 0) is 0 Å². The molecular weight excluding hydrogens is 226 g/mol. The minimum Gasteiger partial charge on any atom is -0.335 e.